The topological polar surface area (TPSA) is 125 Å². The van der Waals surface area contributed by atoms with Crippen molar-refractivity contribution in [2.24, 2.45) is 5.73 Å². The number of amidine groups is 1. The standard InChI is InChI=1S/C10H19N5O3S/c1-8-9(7-13-14-8)19(16,17)15(5-6-18-2)4-3-10(11)12/h7H,3-6H2,1-2H3,(H3,11,12)(H,13,14). The Kier molecular flexibility index (Phi) is 5.45. The Labute approximate surface area is 112 Å². The summed E-state index contributed by atoms with van der Waals surface area (Å²) in [7, 11) is -2.15. The zero-order valence-corrected chi connectivity index (χ0v) is 11.8. The Morgan fingerprint density at radius 1 is 1.58 bits per heavy atom. The van der Waals surface area contributed by atoms with Crippen LogP contribution in [0.4, 0.5) is 0 Å². The molecule has 0 amide bonds. The molecule has 0 saturated heterocycles. The second kappa shape index (κ2) is 6.64. The Morgan fingerprint density at radius 3 is 2.74 bits per heavy atom. The molecule has 4 N–H and O–H groups in total. The first-order valence-electron chi connectivity index (χ1n) is 5.71. The van der Waals surface area contributed by atoms with E-state index >= 15 is 0 Å². The zero-order valence-electron chi connectivity index (χ0n) is 11.0. The summed E-state index contributed by atoms with van der Waals surface area (Å²) >= 11 is 0. The average Bonchev–Trinajstić information content (AvgIpc) is 2.75. The Balaban J connectivity index is 2.95. The lowest BCUT2D eigenvalue weighted by Gasteiger charge is -2.21. The molecule has 19 heavy (non-hydrogen) atoms. The van der Waals surface area contributed by atoms with E-state index in [9.17, 15) is 8.42 Å². The van der Waals surface area contributed by atoms with Crippen molar-refractivity contribution in [3.05, 3.63) is 11.9 Å². The Morgan fingerprint density at radius 2 is 2.26 bits per heavy atom. The molecule has 0 unspecified atom stereocenters. The fraction of sp³-hybridized carbons (Fsp3) is 0.600. The molecule has 0 spiro atoms. The van der Waals surface area contributed by atoms with Gasteiger partial charge in [-0.25, -0.2) is 8.42 Å². The first-order valence-corrected chi connectivity index (χ1v) is 7.15. The van der Waals surface area contributed by atoms with Crippen LogP contribution in [0.1, 0.15) is 12.1 Å². The van der Waals surface area contributed by atoms with Crippen LogP contribution in [-0.4, -0.2) is 55.6 Å². The van der Waals surface area contributed by atoms with Gasteiger partial charge in [0.05, 0.1) is 24.3 Å². The van der Waals surface area contributed by atoms with E-state index in [0.29, 0.717) is 5.69 Å². The molecule has 0 aliphatic carbocycles. The molecule has 0 bridgehead atoms. The first-order chi connectivity index (χ1) is 8.89. The molecule has 1 heterocycles. The maximum atomic E-state index is 12.4. The van der Waals surface area contributed by atoms with Crippen molar-refractivity contribution in [1.82, 2.24) is 14.5 Å². The fourth-order valence-electron chi connectivity index (χ4n) is 1.53. The molecule has 1 aromatic heterocycles. The fourth-order valence-corrected chi connectivity index (χ4v) is 3.07. The van der Waals surface area contributed by atoms with E-state index in [4.69, 9.17) is 15.9 Å². The van der Waals surface area contributed by atoms with Crippen molar-refractivity contribution < 1.29 is 13.2 Å². The molecule has 0 aliphatic heterocycles. The quantitative estimate of drug-likeness (QED) is 0.447. The van der Waals surface area contributed by atoms with E-state index < -0.39 is 10.0 Å². The van der Waals surface area contributed by atoms with E-state index in [2.05, 4.69) is 10.2 Å². The molecular weight excluding hydrogens is 270 g/mol. The highest BCUT2D eigenvalue weighted by molar-refractivity contribution is 7.89. The van der Waals surface area contributed by atoms with Gasteiger partial charge in [0.1, 0.15) is 4.90 Å². The van der Waals surface area contributed by atoms with Gasteiger partial charge in [-0.2, -0.15) is 9.40 Å². The van der Waals surface area contributed by atoms with Crippen molar-refractivity contribution in [3.8, 4) is 0 Å². The maximum Gasteiger partial charge on any atom is 0.246 e. The molecule has 1 rings (SSSR count). The lowest BCUT2D eigenvalue weighted by molar-refractivity contribution is 0.179. The number of nitrogens with two attached hydrogens (primary N) is 1. The van der Waals surface area contributed by atoms with Crippen LogP contribution in [0.15, 0.2) is 11.1 Å². The molecule has 0 aromatic carbocycles. The van der Waals surface area contributed by atoms with Gasteiger partial charge in [-0.3, -0.25) is 10.5 Å². The maximum absolute atomic E-state index is 12.4. The molecule has 1 aromatic rings. The van der Waals surface area contributed by atoms with Crippen molar-refractivity contribution in [2.75, 3.05) is 26.8 Å². The summed E-state index contributed by atoms with van der Waals surface area (Å²) in [5.74, 6) is -0.0541. The number of hydrogen-bond acceptors (Lipinski definition) is 5. The summed E-state index contributed by atoms with van der Waals surface area (Å²) < 4.78 is 31.0. The van der Waals surface area contributed by atoms with Gasteiger partial charge in [0.25, 0.3) is 0 Å². The monoisotopic (exact) mass is 289 g/mol. The molecule has 8 nitrogen and oxygen atoms in total. The van der Waals surface area contributed by atoms with Crippen LogP contribution in [-0.2, 0) is 14.8 Å². The zero-order chi connectivity index (χ0) is 14.5. The highest BCUT2D eigenvalue weighted by Crippen LogP contribution is 2.17. The average molecular weight is 289 g/mol. The van der Waals surface area contributed by atoms with E-state index in [1.807, 2.05) is 0 Å². The molecular formula is C10H19N5O3S. The van der Waals surface area contributed by atoms with Crippen molar-refractivity contribution in [3.63, 3.8) is 0 Å². The van der Waals surface area contributed by atoms with Crippen molar-refractivity contribution in [1.29, 1.82) is 5.41 Å². The summed E-state index contributed by atoms with van der Waals surface area (Å²) in [4.78, 5) is 0.132. The number of hydrogen-bond donors (Lipinski definition) is 3. The van der Waals surface area contributed by atoms with E-state index in [1.54, 1.807) is 6.92 Å². The van der Waals surface area contributed by atoms with Crippen LogP contribution in [0.3, 0.4) is 0 Å². The molecule has 0 radical (unpaired) electrons. The van der Waals surface area contributed by atoms with Crippen LogP contribution in [0.2, 0.25) is 0 Å². The molecule has 108 valence electrons. The van der Waals surface area contributed by atoms with Gasteiger partial charge < -0.3 is 10.5 Å². The van der Waals surface area contributed by atoms with Gasteiger partial charge in [-0.15, -0.1) is 0 Å². The smallest absolute Gasteiger partial charge is 0.246 e. The number of ether oxygens (including phenoxy) is 1. The third-order valence-electron chi connectivity index (χ3n) is 2.58. The summed E-state index contributed by atoms with van der Waals surface area (Å²) in [6.07, 6.45) is 1.46. The Hall–Kier alpha value is -1.45. The molecule has 9 heteroatoms. The van der Waals surface area contributed by atoms with Crippen molar-refractivity contribution in [2.45, 2.75) is 18.2 Å². The summed E-state index contributed by atoms with van der Waals surface area (Å²) in [6, 6.07) is 0. The van der Waals surface area contributed by atoms with Gasteiger partial charge in [-0.1, -0.05) is 0 Å². The normalized spacial score (nSPS) is 11.9. The lowest BCUT2D eigenvalue weighted by Crippen LogP contribution is -2.36. The van der Waals surface area contributed by atoms with E-state index in [-0.39, 0.29) is 36.8 Å². The number of aryl methyl sites for hydroxylation is 1. The number of aromatic amines is 1. The predicted molar refractivity (Wildman–Crippen MR) is 70.5 cm³/mol. The number of nitrogens with zero attached hydrogens (tertiary/aromatic N) is 2. The lowest BCUT2D eigenvalue weighted by atomic mass is 10.4. The summed E-state index contributed by atoms with van der Waals surface area (Å²) in [5.41, 5.74) is 5.75. The van der Waals surface area contributed by atoms with Gasteiger partial charge >= 0.3 is 0 Å². The number of methoxy groups -OCH3 is 1. The number of aromatic nitrogens is 2. The highest BCUT2D eigenvalue weighted by Gasteiger charge is 2.26. The molecule has 0 saturated carbocycles. The number of H-pyrrole nitrogens is 1. The largest absolute Gasteiger partial charge is 0.388 e. The van der Waals surface area contributed by atoms with Crippen LogP contribution in [0, 0.1) is 12.3 Å². The van der Waals surface area contributed by atoms with Crippen molar-refractivity contribution >= 4 is 15.9 Å². The van der Waals surface area contributed by atoms with E-state index in [1.165, 1.54) is 17.6 Å². The van der Waals surface area contributed by atoms with Crippen LogP contribution in [0.25, 0.3) is 0 Å². The van der Waals surface area contributed by atoms with Crippen LogP contribution < -0.4 is 5.73 Å². The minimum absolute atomic E-state index is 0.0541. The van der Waals surface area contributed by atoms with Gasteiger partial charge in [0.15, 0.2) is 0 Å². The summed E-state index contributed by atoms with van der Waals surface area (Å²) in [6.45, 7) is 2.26. The predicted octanol–water partition coefficient (Wildman–Crippen LogP) is -0.319. The van der Waals surface area contributed by atoms with Gasteiger partial charge in [0.2, 0.25) is 10.0 Å². The van der Waals surface area contributed by atoms with Crippen LogP contribution in [0.5, 0.6) is 0 Å². The second-order valence-electron chi connectivity index (χ2n) is 4.03. The Bertz CT molecular complexity index is 525. The third kappa shape index (κ3) is 4.01. The first kappa shape index (κ1) is 15.6. The number of rotatable bonds is 8. The highest BCUT2D eigenvalue weighted by atomic mass is 32.2. The minimum Gasteiger partial charge on any atom is -0.388 e. The number of nitrogens with one attached hydrogen (secondary N) is 2. The van der Waals surface area contributed by atoms with Crippen LogP contribution >= 0.6 is 0 Å². The molecule has 0 fully saturated rings. The van der Waals surface area contributed by atoms with Gasteiger partial charge in [0, 0.05) is 26.6 Å². The van der Waals surface area contributed by atoms with Gasteiger partial charge in [-0.05, 0) is 6.92 Å². The minimum atomic E-state index is -3.65. The molecule has 0 aliphatic rings. The summed E-state index contributed by atoms with van der Waals surface area (Å²) in [5, 5.41) is 13.5. The SMILES string of the molecule is COCCN(CCC(=N)N)S(=O)(=O)c1cn[nH]c1C. The number of sulfonamides is 1. The third-order valence-corrected chi connectivity index (χ3v) is 4.59. The molecule has 0 atom stereocenters. The van der Waals surface area contributed by atoms with E-state index in [0.717, 1.165) is 0 Å². The second-order valence-corrected chi connectivity index (χ2v) is 5.94.